The van der Waals surface area contributed by atoms with E-state index in [9.17, 15) is 10.1 Å². The standard InChI is InChI=1S/C10H13NO3/c12-10(11(13)14)8-4-7-9-5-2-1-3-6-9/h1-3,5-6,10,12H,4,7-8H2. The molecule has 0 bridgehead atoms. The van der Waals surface area contributed by atoms with Crippen LogP contribution in [-0.2, 0) is 6.42 Å². The molecule has 0 aliphatic heterocycles. The van der Waals surface area contributed by atoms with Crippen LogP contribution in [0.2, 0.25) is 0 Å². The summed E-state index contributed by atoms with van der Waals surface area (Å²) in [6, 6.07) is 9.73. The van der Waals surface area contributed by atoms with Gasteiger partial charge < -0.3 is 5.11 Å². The molecule has 1 rings (SSSR count). The number of nitro groups is 1. The van der Waals surface area contributed by atoms with Crippen molar-refractivity contribution in [1.29, 1.82) is 0 Å². The Bertz CT molecular complexity index is 287. The fraction of sp³-hybridized carbons (Fsp3) is 0.400. The van der Waals surface area contributed by atoms with E-state index in [1.165, 1.54) is 0 Å². The summed E-state index contributed by atoms with van der Waals surface area (Å²) in [6.45, 7) is 0. The number of rotatable bonds is 5. The number of aryl methyl sites for hydroxylation is 1. The van der Waals surface area contributed by atoms with Gasteiger partial charge in [-0.3, -0.25) is 10.1 Å². The van der Waals surface area contributed by atoms with Gasteiger partial charge in [0.25, 0.3) is 0 Å². The van der Waals surface area contributed by atoms with E-state index in [4.69, 9.17) is 5.11 Å². The van der Waals surface area contributed by atoms with Crippen LogP contribution in [0.25, 0.3) is 0 Å². The third-order valence-corrected chi connectivity index (χ3v) is 2.01. The summed E-state index contributed by atoms with van der Waals surface area (Å²) in [7, 11) is 0. The molecule has 76 valence electrons. The normalized spacial score (nSPS) is 12.4. The molecule has 0 fully saturated rings. The smallest absolute Gasteiger partial charge is 0.313 e. The van der Waals surface area contributed by atoms with Gasteiger partial charge in [-0.05, 0) is 18.4 Å². The minimum atomic E-state index is -1.42. The summed E-state index contributed by atoms with van der Waals surface area (Å²) in [5.74, 6) is 0. The van der Waals surface area contributed by atoms with Crippen molar-refractivity contribution in [2.45, 2.75) is 25.5 Å². The molecule has 0 aromatic heterocycles. The van der Waals surface area contributed by atoms with Gasteiger partial charge in [-0.1, -0.05) is 30.3 Å². The van der Waals surface area contributed by atoms with Crippen molar-refractivity contribution in [3.8, 4) is 0 Å². The van der Waals surface area contributed by atoms with Gasteiger partial charge >= 0.3 is 6.23 Å². The summed E-state index contributed by atoms with van der Waals surface area (Å²) in [4.78, 5) is 9.44. The SMILES string of the molecule is O=[N+]([O-])C(O)CCCc1ccccc1. The fourth-order valence-corrected chi connectivity index (χ4v) is 1.24. The summed E-state index contributed by atoms with van der Waals surface area (Å²) in [6.07, 6.45) is 0.193. The Labute approximate surface area is 82.3 Å². The molecule has 4 heteroatoms. The lowest BCUT2D eigenvalue weighted by molar-refractivity contribution is -0.571. The Balaban J connectivity index is 2.26. The van der Waals surface area contributed by atoms with Crippen molar-refractivity contribution in [1.82, 2.24) is 0 Å². The van der Waals surface area contributed by atoms with Crippen molar-refractivity contribution in [3.63, 3.8) is 0 Å². The van der Waals surface area contributed by atoms with Crippen molar-refractivity contribution in [2.24, 2.45) is 0 Å². The first kappa shape index (κ1) is 10.7. The highest BCUT2D eigenvalue weighted by atomic mass is 16.7. The molecule has 0 aliphatic carbocycles. The van der Waals surface area contributed by atoms with Gasteiger partial charge in [0.15, 0.2) is 0 Å². The Hall–Kier alpha value is -1.42. The van der Waals surface area contributed by atoms with Gasteiger partial charge in [0.05, 0.1) is 4.92 Å². The van der Waals surface area contributed by atoms with E-state index in [-0.39, 0.29) is 6.42 Å². The minimum absolute atomic E-state index is 0.210. The predicted molar refractivity (Wildman–Crippen MR) is 52.4 cm³/mol. The number of hydrogen-bond donors (Lipinski definition) is 1. The molecule has 1 unspecified atom stereocenters. The molecule has 4 nitrogen and oxygen atoms in total. The average Bonchev–Trinajstić information content (AvgIpc) is 2.19. The van der Waals surface area contributed by atoms with E-state index >= 15 is 0 Å². The predicted octanol–water partition coefficient (Wildman–Crippen LogP) is 1.60. The van der Waals surface area contributed by atoms with Gasteiger partial charge in [-0.25, -0.2) is 0 Å². The lowest BCUT2D eigenvalue weighted by Crippen LogP contribution is -2.18. The largest absolute Gasteiger partial charge is 0.333 e. The quantitative estimate of drug-likeness (QED) is 0.441. The molecule has 0 aliphatic rings. The van der Waals surface area contributed by atoms with Crippen LogP contribution in [0.1, 0.15) is 18.4 Å². The van der Waals surface area contributed by atoms with E-state index in [2.05, 4.69) is 0 Å². The molecule has 1 N–H and O–H groups in total. The highest BCUT2D eigenvalue weighted by Gasteiger charge is 2.13. The second-order valence-corrected chi connectivity index (χ2v) is 3.14. The van der Waals surface area contributed by atoms with Gasteiger partial charge in [-0.2, -0.15) is 0 Å². The van der Waals surface area contributed by atoms with Gasteiger partial charge in [0.2, 0.25) is 0 Å². The molecular weight excluding hydrogens is 182 g/mol. The third-order valence-electron chi connectivity index (χ3n) is 2.01. The summed E-state index contributed by atoms with van der Waals surface area (Å²) in [5, 5.41) is 19.0. The first-order chi connectivity index (χ1) is 6.70. The molecule has 0 heterocycles. The van der Waals surface area contributed by atoms with E-state index in [1.807, 2.05) is 30.3 Å². The highest BCUT2D eigenvalue weighted by Crippen LogP contribution is 2.06. The second-order valence-electron chi connectivity index (χ2n) is 3.14. The van der Waals surface area contributed by atoms with E-state index in [1.54, 1.807) is 0 Å². The zero-order chi connectivity index (χ0) is 10.4. The molecule has 1 aromatic carbocycles. The maximum atomic E-state index is 10.1. The van der Waals surface area contributed by atoms with Gasteiger partial charge in [0, 0.05) is 6.42 Å². The molecule has 0 saturated heterocycles. The Kier molecular flexibility index (Phi) is 4.07. The van der Waals surface area contributed by atoms with E-state index in [0.29, 0.717) is 6.42 Å². The second kappa shape index (κ2) is 5.34. The van der Waals surface area contributed by atoms with Gasteiger partial charge in [0.1, 0.15) is 0 Å². The van der Waals surface area contributed by atoms with Crippen molar-refractivity contribution < 1.29 is 10.0 Å². The number of hydrogen-bond acceptors (Lipinski definition) is 3. The van der Waals surface area contributed by atoms with Crippen LogP contribution < -0.4 is 0 Å². The van der Waals surface area contributed by atoms with Crippen molar-refractivity contribution in [3.05, 3.63) is 46.0 Å². The van der Waals surface area contributed by atoms with Crippen LogP contribution in [0.5, 0.6) is 0 Å². The third kappa shape index (κ3) is 3.53. The lowest BCUT2D eigenvalue weighted by Gasteiger charge is -2.02. The Morgan fingerprint density at radius 3 is 2.57 bits per heavy atom. The van der Waals surface area contributed by atoms with Crippen LogP contribution in [-0.4, -0.2) is 16.3 Å². The Morgan fingerprint density at radius 1 is 1.36 bits per heavy atom. The van der Waals surface area contributed by atoms with Crippen LogP contribution >= 0.6 is 0 Å². The molecule has 0 saturated carbocycles. The number of benzene rings is 1. The Morgan fingerprint density at radius 2 is 2.00 bits per heavy atom. The number of aliphatic hydroxyl groups excluding tert-OH is 1. The van der Waals surface area contributed by atoms with Gasteiger partial charge in [-0.15, -0.1) is 0 Å². The molecule has 14 heavy (non-hydrogen) atoms. The number of aliphatic hydroxyl groups is 1. The monoisotopic (exact) mass is 195 g/mol. The van der Waals surface area contributed by atoms with Crippen LogP contribution in [0.4, 0.5) is 0 Å². The molecule has 1 atom stereocenters. The molecule has 0 amide bonds. The molecule has 0 radical (unpaired) electrons. The maximum Gasteiger partial charge on any atom is 0.313 e. The maximum absolute atomic E-state index is 10.1. The zero-order valence-corrected chi connectivity index (χ0v) is 7.80. The summed E-state index contributed by atoms with van der Waals surface area (Å²) in [5.41, 5.74) is 1.14. The lowest BCUT2D eigenvalue weighted by atomic mass is 10.1. The first-order valence-electron chi connectivity index (χ1n) is 4.55. The fourth-order valence-electron chi connectivity index (χ4n) is 1.24. The van der Waals surface area contributed by atoms with Crippen LogP contribution in [0.3, 0.4) is 0 Å². The molecular formula is C10H13NO3. The first-order valence-corrected chi connectivity index (χ1v) is 4.55. The van der Waals surface area contributed by atoms with E-state index in [0.717, 1.165) is 12.0 Å². The minimum Gasteiger partial charge on any atom is -0.333 e. The molecule has 0 spiro atoms. The topological polar surface area (TPSA) is 63.4 Å². The zero-order valence-electron chi connectivity index (χ0n) is 7.80. The van der Waals surface area contributed by atoms with Crippen LogP contribution in [0, 0.1) is 10.1 Å². The molecule has 1 aromatic rings. The summed E-state index contributed by atoms with van der Waals surface area (Å²) < 4.78 is 0. The highest BCUT2D eigenvalue weighted by molar-refractivity contribution is 5.14. The van der Waals surface area contributed by atoms with Crippen molar-refractivity contribution in [2.75, 3.05) is 0 Å². The average molecular weight is 195 g/mol. The van der Waals surface area contributed by atoms with Crippen LogP contribution in [0.15, 0.2) is 30.3 Å². The van der Waals surface area contributed by atoms with Crippen molar-refractivity contribution >= 4 is 0 Å². The van der Waals surface area contributed by atoms with E-state index < -0.39 is 11.2 Å². The summed E-state index contributed by atoms with van der Waals surface area (Å²) >= 11 is 0. The number of nitrogens with zero attached hydrogens (tertiary/aromatic N) is 1.